The first-order valence-electron chi connectivity index (χ1n) is 9.21. The first kappa shape index (κ1) is 19.2. The number of hydrogen-bond acceptors (Lipinski definition) is 4. The van der Waals surface area contributed by atoms with Gasteiger partial charge in [0, 0.05) is 16.6 Å². The number of rotatable bonds is 8. The molecule has 5 heteroatoms. The summed E-state index contributed by atoms with van der Waals surface area (Å²) in [6.07, 6.45) is 2.48. The van der Waals surface area contributed by atoms with Gasteiger partial charge in [0.1, 0.15) is 6.61 Å². The molecule has 1 saturated heterocycles. The Hall–Kier alpha value is -1.56. The third kappa shape index (κ3) is 5.47. The van der Waals surface area contributed by atoms with Gasteiger partial charge in [-0.1, -0.05) is 46.3 Å². The Morgan fingerprint density at radius 3 is 2.65 bits per heavy atom. The Kier molecular flexibility index (Phi) is 7.35. The van der Waals surface area contributed by atoms with E-state index in [9.17, 15) is 0 Å². The van der Waals surface area contributed by atoms with Crippen LogP contribution in [0, 0.1) is 5.92 Å². The number of halogens is 1. The van der Waals surface area contributed by atoms with Crippen LogP contribution in [0.1, 0.15) is 24.0 Å². The molecule has 1 fully saturated rings. The fourth-order valence-electron chi connectivity index (χ4n) is 3.30. The van der Waals surface area contributed by atoms with Crippen molar-refractivity contribution in [2.75, 3.05) is 26.7 Å². The number of hydrogen-bond donors (Lipinski definition) is 2. The molecule has 0 radical (unpaired) electrons. The van der Waals surface area contributed by atoms with Gasteiger partial charge in [0.2, 0.25) is 0 Å². The quantitative estimate of drug-likeness (QED) is 0.676. The molecule has 0 aliphatic carbocycles. The fourth-order valence-corrected chi connectivity index (χ4v) is 3.78. The minimum Gasteiger partial charge on any atom is -0.493 e. The van der Waals surface area contributed by atoms with E-state index in [1.807, 2.05) is 24.3 Å². The molecule has 0 atom stereocenters. The van der Waals surface area contributed by atoms with Gasteiger partial charge in [-0.05, 0) is 56.1 Å². The normalized spacial score (nSPS) is 15.0. The van der Waals surface area contributed by atoms with E-state index < -0.39 is 0 Å². The number of nitrogens with one attached hydrogen (secondary N) is 2. The lowest BCUT2D eigenvalue weighted by Gasteiger charge is -2.23. The number of benzene rings is 2. The van der Waals surface area contributed by atoms with E-state index in [-0.39, 0.29) is 0 Å². The molecule has 2 N–H and O–H groups in total. The molecule has 26 heavy (non-hydrogen) atoms. The summed E-state index contributed by atoms with van der Waals surface area (Å²) in [6, 6.07) is 14.3. The Labute approximate surface area is 164 Å². The highest BCUT2D eigenvalue weighted by atomic mass is 79.9. The minimum absolute atomic E-state index is 0.528. The summed E-state index contributed by atoms with van der Waals surface area (Å²) in [4.78, 5) is 0. The van der Waals surface area contributed by atoms with Gasteiger partial charge in [-0.15, -0.1) is 0 Å². The van der Waals surface area contributed by atoms with Crippen molar-refractivity contribution in [3.05, 3.63) is 58.1 Å². The van der Waals surface area contributed by atoms with Crippen LogP contribution in [-0.2, 0) is 13.2 Å². The third-order valence-corrected chi connectivity index (χ3v) is 5.21. The molecule has 0 unspecified atom stereocenters. The average Bonchev–Trinajstić information content (AvgIpc) is 2.68. The van der Waals surface area contributed by atoms with Gasteiger partial charge in [0.05, 0.1) is 7.11 Å². The van der Waals surface area contributed by atoms with Crippen molar-refractivity contribution in [1.82, 2.24) is 10.6 Å². The van der Waals surface area contributed by atoms with Crippen LogP contribution in [-0.4, -0.2) is 26.7 Å². The molecule has 1 heterocycles. The Morgan fingerprint density at radius 1 is 1.15 bits per heavy atom. The molecule has 0 spiro atoms. The van der Waals surface area contributed by atoms with Crippen molar-refractivity contribution in [1.29, 1.82) is 0 Å². The van der Waals surface area contributed by atoms with Crippen molar-refractivity contribution in [3.8, 4) is 11.5 Å². The standard InChI is InChI=1S/C21H27BrN2O2/c1-25-20-12-19(22)11-18(14-24-13-16-7-9-23-10-8-16)21(20)26-15-17-5-3-2-4-6-17/h2-6,11-12,16,23-24H,7-10,13-15H2,1H3. The largest absolute Gasteiger partial charge is 0.493 e. The maximum absolute atomic E-state index is 6.15. The van der Waals surface area contributed by atoms with Crippen LogP contribution in [0.5, 0.6) is 11.5 Å². The van der Waals surface area contributed by atoms with Gasteiger partial charge in [-0.25, -0.2) is 0 Å². The van der Waals surface area contributed by atoms with Crippen LogP contribution in [0.4, 0.5) is 0 Å². The van der Waals surface area contributed by atoms with E-state index in [0.717, 1.165) is 59.2 Å². The van der Waals surface area contributed by atoms with E-state index in [4.69, 9.17) is 9.47 Å². The molecule has 1 aliphatic rings. The summed E-state index contributed by atoms with van der Waals surface area (Å²) in [7, 11) is 1.68. The predicted octanol–water partition coefficient (Wildman–Crippen LogP) is 4.13. The van der Waals surface area contributed by atoms with Crippen LogP contribution in [0.2, 0.25) is 0 Å². The molecule has 3 rings (SSSR count). The second-order valence-electron chi connectivity index (χ2n) is 6.69. The zero-order valence-electron chi connectivity index (χ0n) is 15.3. The Morgan fingerprint density at radius 2 is 1.92 bits per heavy atom. The lowest BCUT2D eigenvalue weighted by Crippen LogP contribution is -2.33. The van der Waals surface area contributed by atoms with Crippen LogP contribution in [0.3, 0.4) is 0 Å². The third-order valence-electron chi connectivity index (χ3n) is 4.75. The lowest BCUT2D eigenvalue weighted by molar-refractivity contribution is 0.279. The summed E-state index contributed by atoms with van der Waals surface area (Å²) in [5.74, 6) is 2.32. The van der Waals surface area contributed by atoms with Crippen molar-refractivity contribution in [2.24, 2.45) is 5.92 Å². The molecule has 140 valence electrons. The average molecular weight is 419 g/mol. The molecular weight excluding hydrogens is 392 g/mol. The molecule has 2 aromatic carbocycles. The van der Waals surface area contributed by atoms with Crippen LogP contribution < -0.4 is 20.1 Å². The van der Waals surface area contributed by atoms with Gasteiger partial charge in [0.25, 0.3) is 0 Å². The minimum atomic E-state index is 0.528. The predicted molar refractivity (Wildman–Crippen MR) is 109 cm³/mol. The second-order valence-corrected chi connectivity index (χ2v) is 7.61. The van der Waals surface area contributed by atoms with E-state index in [0.29, 0.717) is 6.61 Å². The van der Waals surface area contributed by atoms with Crippen LogP contribution in [0.15, 0.2) is 46.9 Å². The van der Waals surface area contributed by atoms with Crippen molar-refractivity contribution >= 4 is 15.9 Å². The first-order valence-corrected chi connectivity index (χ1v) is 10.00. The molecule has 1 aliphatic heterocycles. The first-order chi connectivity index (χ1) is 12.8. The summed E-state index contributed by atoms with van der Waals surface area (Å²) in [5, 5.41) is 7.02. The summed E-state index contributed by atoms with van der Waals surface area (Å²) in [6.45, 7) is 4.59. The molecule has 0 saturated carbocycles. The number of piperidine rings is 1. The van der Waals surface area contributed by atoms with E-state index in [2.05, 4.69) is 44.8 Å². The molecule has 4 nitrogen and oxygen atoms in total. The van der Waals surface area contributed by atoms with Crippen LogP contribution in [0.25, 0.3) is 0 Å². The zero-order valence-corrected chi connectivity index (χ0v) is 16.8. The molecule has 0 amide bonds. The van der Waals surface area contributed by atoms with Gasteiger partial charge in [-0.3, -0.25) is 0 Å². The van der Waals surface area contributed by atoms with Crippen LogP contribution >= 0.6 is 15.9 Å². The van der Waals surface area contributed by atoms with Gasteiger partial charge < -0.3 is 20.1 Å². The Balaban J connectivity index is 1.67. The van der Waals surface area contributed by atoms with Gasteiger partial charge in [0.15, 0.2) is 11.5 Å². The highest BCUT2D eigenvalue weighted by Gasteiger charge is 2.15. The topological polar surface area (TPSA) is 42.5 Å². The fraction of sp³-hybridized carbons (Fsp3) is 0.429. The molecule has 2 aromatic rings. The maximum atomic E-state index is 6.15. The van der Waals surface area contributed by atoms with Gasteiger partial charge >= 0.3 is 0 Å². The smallest absolute Gasteiger partial charge is 0.166 e. The van der Waals surface area contributed by atoms with E-state index >= 15 is 0 Å². The van der Waals surface area contributed by atoms with Crippen molar-refractivity contribution < 1.29 is 9.47 Å². The monoisotopic (exact) mass is 418 g/mol. The van der Waals surface area contributed by atoms with Crippen molar-refractivity contribution in [2.45, 2.75) is 26.0 Å². The van der Waals surface area contributed by atoms with Crippen molar-refractivity contribution in [3.63, 3.8) is 0 Å². The Bertz CT molecular complexity index is 688. The van der Waals surface area contributed by atoms with E-state index in [1.165, 1.54) is 12.8 Å². The highest BCUT2D eigenvalue weighted by molar-refractivity contribution is 9.10. The lowest BCUT2D eigenvalue weighted by atomic mass is 9.98. The molecular formula is C21H27BrN2O2. The molecule has 0 aromatic heterocycles. The highest BCUT2D eigenvalue weighted by Crippen LogP contribution is 2.35. The molecule has 0 bridgehead atoms. The maximum Gasteiger partial charge on any atom is 0.166 e. The summed E-state index contributed by atoms with van der Waals surface area (Å²) < 4.78 is 12.7. The number of methoxy groups -OCH3 is 1. The van der Waals surface area contributed by atoms with E-state index in [1.54, 1.807) is 7.11 Å². The SMILES string of the molecule is COc1cc(Br)cc(CNCC2CCNCC2)c1OCc1ccccc1. The van der Waals surface area contributed by atoms with Gasteiger partial charge in [-0.2, -0.15) is 0 Å². The zero-order chi connectivity index (χ0) is 18.2. The summed E-state index contributed by atoms with van der Waals surface area (Å²) >= 11 is 3.58. The number of ether oxygens (including phenoxy) is 2. The second kappa shape index (κ2) is 9.95. The summed E-state index contributed by atoms with van der Waals surface area (Å²) in [5.41, 5.74) is 2.26.